The SMILES string of the molecule is C=C(C)C(=O)OCCCCCCCC[N+](C)(C)CCCS(=O)(=O)O.C[N+](C)(C)CC(=O)O. The highest BCUT2D eigenvalue weighted by Gasteiger charge is 2.16. The van der Waals surface area contributed by atoms with Gasteiger partial charge < -0.3 is 18.8 Å². The first-order chi connectivity index (χ1) is 14.5. The third-order valence-corrected chi connectivity index (χ3v) is 5.32. The standard InChI is InChI=1S/C17H33NO5S.C5H11NO2/c1-16(2)17(19)23-14-10-8-6-5-7-9-12-18(3,4)13-11-15-24(20,21)22;1-6(2,3)4-5(7)8/h1,5-15H2,2-4H3;4H2,1-3H3/p+2. The molecule has 0 saturated heterocycles. The predicted octanol–water partition coefficient (Wildman–Crippen LogP) is 2.58. The Morgan fingerprint density at radius 1 is 0.875 bits per heavy atom. The topological polar surface area (TPSA) is 118 Å². The van der Waals surface area contributed by atoms with Gasteiger partial charge in [-0.1, -0.05) is 25.8 Å². The van der Waals surface area contributed by atoms with Gasteiger partial charge >= 0.3 is 11.9 Å². The number of carbonyl (C=O) groups excluding carboxylic acids is 1. The van der Waals surface area contributed by atoms with Gasteiger partial charge in [-0.2, -0.15) is 8.42 Å². The van der Waals surface area contributed by atoms with Crippen molar-refractivity contribution in [1.29, 1.82) is 0 Å². The van der Waals surface area contributed by atoms with Crippen molar-refractivity contribution < 1.29 is 41.4 Å². The van der Waals surface area contributed by atoms with Crippen LogP contribution in [-0.2, 0) is 24.4 Å². The summed E-state index contributed by atoms with van der Waals surface area (Å²) in [5.41, 5.74) is 0.437. The first kappa shape index (κ1) is 32.7. The Labute approximate surface area is 195 Å². The fourth-order valence-corrected chi connectivity index (χ4v) is 3.32. The van der Waals surface area contributed by atoms with Crippen molar-refractivity contribution in [2.24, 2.45) is 0 Å². The summed E-state index contributed by atoms with van der Waals surface area (Å²) in [7, 11) is 5.85. The van der Waals surface area contributed by atoms with Crippen LogP contribution < -0.4 is 0 Å². The number of unbranched alkanes of at least 4 members (excludes halogenated alkanes) is 5. The molecule has 0 fully saturated rings. The maximum absolute atomic E-state index is 11.2. The Morgan fingerprint density at radius 3 is 1.75 bits per heavy atom. The summed E-state index contributed by atoms with van der Waals surface area (Å²) >= 11 is 0. The Bertz CT molecular complexity index is 668. The van der Waals surface area contributed by atoms with Gasteiger partial charge in [0.05, 0.1) is 60.7 Å². The minimum atomic E-state index is -3.84. The molecule has 9 nitrogen and oxygen atoms in total. The van der Waals surface area contributed by atoms with E-state index in [0.29, 0.717) is 23.1 Å². The number of esters is 1. The number of ether oxygens (including phenoxy) is 1. The van der Waals surface area contributed by atoms with Crippen LogP contribution in [0.1, 0.15) is 51.9 Å². The van der Waals surface area contributed by atoms with E-state index in [1.54, 1.807) is 6.92 Å². The van der Waals surface area contributed by atoms with Crippen LogP contribution >= 0.6 is 0 Å². The number of hydrogen-bond donors (Lipinski definition) is 2. The lowest BCUT2D eigenvalue weighted by Gasteiger charge is -2.29. The van der Waals surface area contributed by atoms with E-state index < -0.39 is 16.1 Å². The van der Waals surface area contributed by atoms with Crippen LogP contribution in [0.4, 0.5) is 0 Å². The lowest BCUT2D eigenvalue weighted by Crippen LogP contribution is -2.41. The normalized spacial score (nSPS) is 12.0. The first-order valence-corrected chi connectivity index (χ1v) is 12.7. The quantitative estimate of drug-likeness (QED) is 0.114. The average molecular weight is 483 g/mol. The minimum Gasteiger partial charge on any atom is -0.477 e. The van der Waals surface area contributed by atoms with Crippen LogP contribution in [0.2, 0.25) is 0 Å². The lowest BCUT2D eigenvalue weighted by atomic mass is 10.1. The van der Waals surface area contributed by atoms with Crippen LogP contribution in [-0.4, -0.2) is 106 Å². The van der Waals surface area contributed by atoms with E-state index in [1.165, 1.54) is 0 Å². The second-order valence-corrected chi connectivity index (χ2v) is 11.5. The lowest BCUT2D eigenvalue weighted by molar-refractivity contribution is -0.890. The van der Waals surface area contributed by atoms with Gasteiger partial charge in [0.15, 0.2) is 6.54 Å². The van der Waals surface area contributed by atoms with Crippen LogP contribution in [0.25, 0.3) is 0 Å². The minimum absolute atomic E-state index is 0.162. The fraction of sp³-hybridized carbons (Fsp3) is 0.818. The molecule has 10 heteroatoms. The van der Waals surface area contributed by atoms with Crippen molar-refractivity contribution in [1.82, 2.24) is 0 Å². The molecule has 0 aliphatic rings. The monoisotopic (exact) mass is 482 g/mol. The largest absolute Gasteiger partial charge is 0.477 e. The molecule has 0 bridgehead atoms. The number of carboxylic acid groups (broad SMARTS) is 1. The number of quaternary nitrogens is 2. The third-order valence-electron chi connectivity index (χ3n) is 4.51. The number of aliphatic carboxylic acids is 1. The van der Waals surface area contributed by atoms with E-state index >= 15 is 0 Å². The van der Waals surface area contributed by atoms with E-state index in [9.17, 15) is 18.0 Å². The van der Waals surface area contributed by atoms with Crippen molar-refractivity contribution in [3.8, 4) is 0 Å². The highest BCUT2D eigenvalue weighted by atomic mass is 32.2. The van der Waals surface area contributed by atoms with Crippen LogP contribution in [0.15, 0.2) is 12.2 Å². The summed E-state index contributed by atoms with van der Waals surface area (Å²) < 4.78 is 36.5. The van der Waals surface area contributed by atoms with Crippen molar-refractivity contribution >= 4 is 22.1 Å². The molecule has 0 rings (SSSR count). The molecule has 32 heavy (non-hydrogen) atoms. The van der Waals surface area contributed by atoms with Gasteiger partial charge in [0, 0.05) is 12.0 Å². The summed E-state index contributed by atoms with van der Waals surface area (Å²) in [6.45, 7) is 7.57. The molecule has 0 spiro atoms. The first-order valence-electron chi connectivity index (χ1n) is 11.1. The van der Waals surface area contributed by atoms with Gasteiger partial charge in [-0.05, 0) is 26.2 Å². The van der Waals surface area contributed by atoms with Crippen molar-refractivity contribution in [2.75, 3.05) is 67.2 Å². The number of nitrogens with zero attached hydrogens (tertiary/aromatic N) is 2. The molecule has 0 saturated carbocycles. The number of carbonyl (C=O) groups is 2. The van der Waals surface area contributed by atoms with Crippen LogP contribution in [0.5, 0.6) is 0 Å². The maximum atomic E-state index is 11.2. The Kier molecular flexibility index (Phi) is 16.5. The Hall–Kier alpha value is -1.49. The van der Waals surface area contributed by atoms with Gasteiger partial charge in [-0.15, -0.1) is 0 Å². The molecule has 0 aromatic heterocycles. The molecule has 190 valence electrons. The Balaban J connectivity index is 0. The molecule has 2 N–H and O–H groups in total. The Morgan fingerprint density at radius 2 is 1.34 bits per heavy atom. The highest BCUT2D eigenvalue weighted by molar-refractivity contribution is 7.85. The van der Waals surface area contributed by atoms with E-state index in [2.05, 4.69) is 20.7 Å². The van der Waals surface area contributed by atoms with Gasteiger partial charge in [0.1, 0.15) is 0 Å². The molecular formula is C22H46N2O7S+2. The number of rotatable bonds is 16. The molecule has 0 unspecified atom stereocenters. The van der Waals surface area contributed by atoms with Crippen molar-refractivity contribution in [2.45, 2.75) is 51.9 Å². The number of hydrogen-bond acceptors (Lipinski definition) is 5. The molecule has 0 atom stereocenters. The second kappa shape index (κ2) is 16.2. The fourth-order valence-electron chi connectivity index (χ4n) is 2.83. The summed E-state index contributed by atoms with van der Waals surface area (Å²) in [5, 5.41) is 8.23. The smallest absolute Gasteiger partial charge is 0.359 e. The summed E-state index contributed by atoms with van der Waals surface area (Å²) in [4.78, 5) is 21.2. The maximum Gasteiger partial charge on any atom is 0.359 e. The van der Waals surface area contributed by atoms with Gasteiger partial charge in [-0.3, -0.25) is 4.55 Å². The highest BCUT2D eigenvalue weighted by Crippen LogP contribution is 2.09. The van der Waals surface area contributed by atoms with E-state index in [1.807, 2.05) is 21.1 Å². The zero-order chi connectivity index (χ0) is 25.4. The van der Waals surface area contributed by atoms with E-state index in [-0.39, 0.29) is 18.3 Å². The number of likely N-dealkylation sites (N-methyl/N-ethyl adjacent to an activating group) is 1. The van der Waals surface area contributed by atoms with Crippen LogP contribution in [0, 0.1) is 0 Å². The van der Waals surface area contributed by atoms with Gasteiger partial charge in [0.2, 0.25) is 0 Å². The molecule has 0 heterocycles. The average Bonchev–Trinajstić information content (AvgIpc) is 2.56. The summed E-state index contributed by atoms with van der Waals surface area (Å²) in [5.74, 6) is -1.23. The molecule has 0 aliphatic carbocycles. The van der Waals surface area contributed by atoms with E-state index in [0.717, 1.165) is 56.1 Å². The number of carboxylic acids is 1. The molecule has 0 aliphatic heterocycles. The third kappa shape index (κ3) is 26.5. The molecule has 0 aromatic rings. The molecule has 0 amide bonds. The van der Waals surface area contributed by atoms with Crippen LogP contribution in [0.3, 0.4) is 0 Å². The molecule has 0 aromatic carbocycles. The zero-order valence-electron chi connectivity index (χ0n) is 20.9. The van der Waals surface area contributed by atoms with Crippen molar-refractivity contribution in [3.05, 3.63) is 12.2 Å². The summed E-state index contributed by atoms with van der Waals surface area (Å²) in [6, 6.07) is 0. The van der Waals surface area contributed by atoms with Gasteiger partial charge in [-0.25, -0.2) is 9.59 Å². The van der Waals surface area contributed by atoms with Crippen molar-refractivity contribution in [3.63, 3.8) is 0 Å². The zero-order valence-corrected chi connectivity index (χ0v) is 21.7. The summed E-state index contributed by atoms with van der Waals surface area (Å²) in [6.07, 6.45) is 6.94. The predicted molar refractivity (Wildman–Crippen MR) is 127 cm³/mol. The molecule has 0 radical (unpaired) electrons. The van der Waals surface area contributed by atoms with E-state index in [4.69, 9.17) is 14.4 Å². The second-order valence-electron chi connectivity index (χ2n) is 9.90. The molecular weight excluding hydrogens is 436 g/mol. The van der Waals surface area contributed by atoms with Gasteiger partial charge in [0.25, 0.3) is 10.1 Å².